The van der Waals surface area contributed by atoms with Gasteiger partial charge in [0, 0.05) is 5.69 Å². The van der Waals surface area contributed by atoms with Gasteiger partial charge < -0.3 is 16.4 Å². The molecule has 1 rings (SSSR count). The summed E-state index contributed by atoms with van der Waals surface area (Å²) in [5.74, 6) is -1.63. The molecular weight excluding hydrogens is 246 g/mol. The second kappa shape index (κ2) is 6.53. The molecule has 0 aliphatic heterocycles. The van der Waals surface area contributed by atoms with Gasteiger partial charge >= 0.3 is 0 Å². The summed E-state index contributed by atoms with van der Waals surface area (Å²) < 4.78 is 0. The number of nitrogens with one attached hydrogen (secondary N) is 2. The van der Waals surface area contributed by atoms with E-state index in [0.29, 0.717) is 5.69 Å². The highest BCUT2D eigenvalue weighted by atomic mass is 16.2. The number of rotatable bonds is 5. The molecule has 0 aliphatic rings. The molecule has 1 aromatic rings. The van der Waals surface area contributed by atoms with Gasteiger partial charge in [-0.2, -0.15) is 0 Å². The van der Waals surface area contributed by atoms with Crippen molar-refractivity contribution in [3.8, 4) is 0 Å². The van der Waals surface area contributed by atoms with Crippen molar-refractivity contribution < 1.29 is 14.4 Å². The minimum Gasteiger partial charge on any atom is -0.368 e. The zero-order valence-corrected chi connectivity index (χ0v) is 10.9. The van der Waals surface area contributed by atoms with Crippen LogP contribution in [0.5, 0.6) is 0 Å². The van der Waals surface area contributed by atoms with Crippen molar-refractivity contribution >= 4 is 23.4 Å². The van der Waals surface area contributed by atoms with E-state index >= 15 is 0 Å². The first-order valence-electron chi connectivity index (χ1n) is 5.80. The summed E-state index contributed by atoms with van der Waals surface area (Å²) in [6, 6.07) is 5.60. The summed E-state index contributed by atoms with van der Waals surface area (Å²) in [7, 11) is 0. The third kappa shape index (κ3) is 5.67. The lowest BCUT2D eigenvalue weighted by molar-refractivity contribution is -0.128. The average Bonchev–Trinajstić information content (AvgIpc) is 2.24. The Morgan fingerprint density at radius 1 is 1.05 bits per heavy atom. The average molecular weight is 263 g/mol. The second-order valence-corrected chi connectivity index (χ2v) is 4.34. The maximum atomic E-state index is 11.6. The predicted molar refractivity (Wildman–Crippen MR) is 71.4 cm³/mol. The highest BCUT2D eigenvalue weighted by molar-refractivity contribution is 6.04. The molecule has 19 heavy (non-hydrogen) atoms. The molecule has 0 aliphatic carbocycles. The summed E-state index contributed by atoms with van der Waals surface area (Å²) in [5, 5.41) is 4.87. The Labute approximate surface area is 111 Å². The van der Waals surface area contributed by atoms with Gasteiger partial charge in [0.25, 0.3) is 0 Å². The fraction of sp³-hybridized carbons (Fsp3) is 0.308. The first-order chi connectivity index (χ1) is 8.86. The molecule has 1 aromatic carbocycles. The lowest BCUT2D eigenvalue weighted by atomic mass is 10.1. The van der Waals surface area contributed by atoms with E-state index < -0.39 is 17.7 Å². The summed E-state index contributed by atoms with van der Waals surface area (Å²) in [6.45, 7) is 3.57. The molecule has 6 nitrogen and oxygen atoms in total. The van der Waals surface area contributed by atoms with Crippen molar-refractivity contribution in [3.63, 3.8) is 0 Å². The van der Waals surface area contributed by atoms with E-state index in [-0.39, 0.29) is 13.0 Å². The molecule has 0 aromatic heterocycles. The molecule has 0 saturated heterocycles. The fourth-order valence-corrected chi connectivity index (χ4v) is 1.65. The van der Waals surface area contributed by atoms with E-state index in [1.807, 2.05) is 32.0 Å². The molecule has 102 valence electrons. The van der Waals surface area contributed by atoms with E-state index in [1.165, 1.54) is 0 Å². The molecule has 0 bridgehead atoms. The third-order valence-electron chi connectivity index (χ3n) is 2.29. The summed E-state index contributed by atoms with van der Waals surface area (Å²) in [4.78, 5) is 33.4. The van der Waals surface area contributed by atoms with Crippen molar-refractivity contribution in [2.24, 2.45) is 5.73 Å². The number of nitrogens with two attached hydrogens (primary N) is 1. The Morgan fingerprint density at radius 3 is 2.16 bits per heavy atom. The quantitative estimate of drug-likeness (QED) is 0.663. The number of anilines is 1. The largest absolute Gasteiger partial charge is 0.368 e. The van der Waals surface area contributed by atoms with Gasteiger partial charge in [0.2, 0.25) is 17.7 Å². The monoisotopic (exact) mass is 263 g/mol. The molecule has 0 fully saturated rings. The number of amides is 3. The Kier molecular flexibility index (Phi) is 5.05. The highest BCUT2D eigenvalue weighted by Crippen LogP contribution is 2.13. The maximum absolute atomic E-state index is 11.6. The maximum Gasteiger partial charge on any atom is 0.236 e. The molecule has 0 radical (unpaired) electrons. The van der Waals surface area contributed by atoms with Gasteiger partial charge in [-0.3, -0.25) is 14.4 Å². The van der Waals surface area contributed by atoms with Crippen LogP contribution in [-0.4, -0.2) is 24.3 Å². The van der Waals surface area contributed by atoms with Crippen LogP contribution in [0, 0.1) is 13.8 Å². The van der Waals surface area contributed by atoms with E-state index in [4.69, 9.17) is 5.73 Å². The van der Waals surface area contributed by atoms with Crippen molar-refractivity contribution in [2.75, 3.05) is 11.9 Å². The Morgan fingerprint density at radius 2 is 1.63 bits per heavy atom. The van der Waals surface area contributed by atoms with Gasteiger partial charge in [-0.25, -0.2) is 0 Å². The van der Waals surface area contributed by atoms with Gasteiger partial charge in [-0.15, -0.1) is 0 Å². The number of hydrogen-bond donors (Lipinski definition) is 3. The van der Waals surface area contributed by atoms with Crippen LogP contribution in [0.3, 0.4) is 0 Å². The van der Waals surface area contributed by atoms with Crippen molar-refractivity contribution in [1.82, 2.24) is 5.32 Å². The zero-order chi connectivity index (χ0) is 14.4. The van der Waals surface area contributed by atoms with Crippen molar-refractivity contribution in [3.05, 3.63) is 29.3 Å². The molecule has 3 amide bonds. The number of carbonyl (C=O) groups is 3. The van der Waals surface area contributed by atoms with Crippen LogP contribution < -0.4 is 16.4 Å². The normalized spacial score (nSPS) is 9.79. The van der Waals surface area contributed by atoms with Crippen LogP contribution in [0.25, 0.3) is 0 Å². The van der Waals surface area contributed by atoms with Gasteiger partial charge in [0.15, 0.2) is 0 Å². The van der Waals surface area contributed by atoms with E-state index in [2.05, 4.69) is 10.6 Å². The van der Waals surface area contributed by atoms with Crippen LogP contribution >= 0.6 is 0 Å². The number of carbonyl (C=O) groups excluding carboxylic acids is 3. The van der Waals surface area contributed by atoms with Gasteiger partial charge in [0.05, 0.1) is 6.54 Å². The number of primary amides is 1. The number of hydrogen-bond acceptors (Lipinski definition) is 3. The zero-order valence-electron chi connectivity index (χ0n) is 10.9. The number of aryl methyl sites for hydroxylation is 2. The molecule has 0 atom stereocenters. The minimum absolute atomic E-state index is 0.268. The van der Waals surface area contributed by atoms with Crippen molar-refractivity contribution in [2.45, 2.75) is 20.3 Å². The number of benzene rings is 1. The molecule has 0 spiro atoms. The van der Waals surface area contributed by atoms with Gasteiger partial charge in [-0.1, -0.05) is 6.07 Å². The van der Waals surface area contributed by atoms with Gasteiger partial charge in [0.1, 0.15) is 6.42 Å². The molecular formula is C13H17N3O3. The second-order valence-electron chi connectivity index (χ2n) is 4.34. The Hall–Kier alpha value is -2.37. The summed E-state index contributed by atoms with van der Waals surface area (Å²) >= 11 is 0. The first-order valence-corrected chi connectivity index (χ1v) is 5.80. The van der Waals surface area contributed by atoms with Crippen LogP contribution in [0.1, 0.15) is 17.5 Å². The molecule has 4 N–H and O–H groups in total. The topological polar surface area (TPSA) is 101 Å². The van der Waals surface area contributed by atoms with Crippen LogP contribution in [0.4, 0.5) is 5.69 Å². The Balaban J connectivity index is 2.51. The lowest BCUT2D eigenvalue weighted by Crippen LogP contribution is -2.35. The Bertz CT molecular complexity index is 492. The fourth-order valence-electron chi connectivity index (χ4n) is 1.65. The van der Waals surface area contributed by atoms with Crippen LogP contribution in [0.15, 0.2) is 18.2 Å². The van der Waals surface area contributed by atoms with E-state index in [9.17, 15) is 14.4 Å². The third-order valence-corrected chi connectivity index (χ3v) is 2.29. The lowest BCUT2D eigenvalue weighted by Gasteiger charge is -2.07. The van der Waals surface area contributed by atoms with E-state index in [1.54, 1.807) is 0 Å². The van der Waals surface area contributed by atoms with Crippen LogP contribution in [-0.2, 0) is 14.4 Å². The molecule has 0 unspecified atom stereocenters. The van der Waals surface area contributed by atoms with E-state index in [0.717, 1.165) is 11.1 Å². The first kappa shape index (κ1) is 14.7. The van der Waals surface area contributed by atoms with Crippen LogP contribution in [0.2, 0.25) is 0 Å². The molecule has 0 saturated carbocycles. The minimum atomic E-state index is -0.650. The smallest absolute Gasteiger partial charge is 0.236 e. The standard InChI is InChI=1S/C13H17N3O3/c1-8-3-9(2)5-10(4-8)16-13(19)6-12(18)15-7-11(14)17/h3-5H,6-7H2,1-2H3,(H2,14,17)(H,15,18)(H,16,19). The summed E-state index contributed by atoms with van der Waals surface area (Å²) in [6.07, 6.45) is -0.347. The predicted octanol–water partition coefficient (Wildman–Crippen LogP) is 0.234. The van der Waals surface area contributed by atoms with Gasteiger partial charge in [-0.05, 0) is 37.1 Å². The highest BCUT2D eigenvalue weighted by Gasteiger charge is 2.10. The molecule has 6 heteroatoms. The van der Waals surface area contributed by atoms with Crippen molar-refractivity contribution in [1.29, 1.82) is 0 Å². The molecule has 0 heterocycles. The summed E-state index contributed by atoms with van der Waals surface area (Å²) in [5.41, 5.74) is 7.56. The SMILES string of the molecule is Cc1cc(C)cc(NC(=O)CC(=O)NCC(N)=O)c1.